The molecule has 57 heavy (non-hydrogen) atoms. The topological polar surface area (TPSA) is 118 Å². The molecule has 0 aliphatic heterocycles. The summed E-state index contributed by atoms with van der Waals surface area (Å²) in [5, 5.41) is 2.72. The second kappa shape index (κ2) is 18.0. The first-order valence-electron chi connectivity index (χ1n) is 17.4. The van der Waals surface area contributed by atoms with Crippen molar-refractivity contribution in [3.05, 3.63) is 107 Å². The number of hydrogen-bond acceptors (Lipinski definition) is 8. The number of amides is 1. The molecule has 8 rings (SSSR count). The number of carbonyl (C=O) groups excluding carboxylic acids is 2. The third kappa shape index (κ3) is 10.5. The van der Waals surface area contributed by atoms with Crippen molar-refractivity contribution in [2.45, 2.75) is 51.4 Å². The summed E-state index contributed by atoms with van der Waals surface area (Å²) in [5.41, 5.74) is 1.97. The average molecular weight is 863 g/mol. The molecule has 300 valence electrons. The predicted molar refractivity (Wildman–Crippen MR) is 198 cm³/mol. The van der Waals surface area contributed by atoms with E-state index < -0.39 is 24.9 Å². The van der Waals surface area contributed by atoms with E-state index in [2.05, 4.69) is 40.7 Å². The van der Waals surface area contributed by atoms with Gasteiger partial charge in [0.25, 0.3) is 5.91 Å². The van der Waals surface area contributed by atoms with Gasteiger partial charge in [-0.25, -0.2) is 18.7 Å². The van der Waals surface area contributed by atoms with Gasteiger partial charge < -0.3 is 28.7 Å². The fourth-order valence-corrected chi connectivity index (χ4v) is 6.14. The summed E-state index contributed by atoms with van der Waals surface area (Å²) in [5.74, 6) is -1.29. The number of aromatic nitrogens is 4. The summed E-state index contributed by atoms with van der Waals surface area (Å²) in [6, 6.07) is 11.2. The Bertz CT molecular complexity index is 2380. The Balaban J connectivity index is 0.000000162. The highest BCUT2D eigenvalue weighted by Crippen LogP contribution is 2.41. The highest BCUT2D eigenvalue weighted by atomic mass is 79.9. The van der Waals surface area contributed by atoms with Gasteiger partial charge in [-0.05, 0) is 68.0 Å². The van der Waals surface area contributed by atoms with Crippen molar-refractivity contribution in [2.24, 2.45) is 5.92 Å². The smallest absolute Gasteiger partial charge is 0.387 e. The van der Waals surface area contributed by atoms with Gasteiger partial charge in [-0.1, -0.05) is 15.9 Å². The number of pyridine rings is 2. The van der Waals surface area contributed by atoms with Gasteiger partial charge in [-0.2, -0.15) is 17.6 Å². The van der Waals surface area contributed by atoms with Crippen LogP contribution in [-0.2, 0) is 0 Å². The second-order valence-electron chi connectivity index (χ2n) is 12.9. The predicted octanol–water partition coefficient (Wildman–Crippen LogP) is 9.16. The van der Waals surface area contributed by atoms with Gasteiger partial charge in [0, 0.05) is 59.4 Å². The summed E-state index contributed by atoms with van der Waals surface area (Å²) >= 11 is 3.15. The number of hydrogen-bond donors (Lipinski definition) is 1. The van der Waals surface area contributed by atoms with Gasteiger partial charge in [-0.3, -0.25) is 14.0 Å². The third-order valence-electron chi connectivity index (χ3n) is 8.69. The van der Waals surface area contributed by atoms with Crippen molar-refractivity contribution in [3.63, 3.8) is 0 Å². The van der Waals surface area contributed by atoms with Gasteiger partial charge in [0.05, 0.1) is 26.1 Å². The van der Waals surface area contributed by atoms with Crippen LogP contribution in [0.5, 0.6) is 23.0 Å². The molecule has 0 unspecified atom stereocenters. The molecule has 2 aromatic carbocycles. The van der Waals surface area contributed by atoms with Crippen molar-refractivity contribution in [2.75, 3.05) is 14.2 Å². The van der Waals surface area contributed by atoms with Crippen LogP contribution in [0.4, 0.5) is 26.3 Å². The van der Waals surface area contributed by atoms with E-state index >= 15 is 0 Å². The van der Waals surface area contributed by atoms with Crippen molar-refractivity contribution >= 4 is 38.9 Å². The molecule has 0 saturated heterocycles. The van der Waals surface area contributed by atoms with E-state index in [0.29, 0.717) is 27.0 Å². The molecule has 11 nitrogen and oxygen atoms in total. The molecular formula is C39H34BrF6N5O6. The molecule has 0 spiro atoms. The van der Waals surface area contributed by atoms with Crippen LogP contribution in [-0.4, -0.2) is 63.9 Å². The molecule has 4 heterocycles. The van der Waals surface area contributed by atoms with E-state index in [4.69, 9.17) is 9.47 Å². The Kier molecular flexibility index (Phi) is 12.9. The van der Waals surface area contributed by atoms with Crippen molar-refractivity contribution < 1.29 is 54.9 Å². The molecule has 1 amide bonds. The van der Waals surface area contributed by atoms with Crippen LogP contribution >= 0.6 is 15.9 Å². The highest BCUT2D eigenvalue weighted by molar-refractivity contribution is 9.10. The molecule has 0 bridgehead atoms. The molecule has 6 aromatic rings. The molecule has 2 saturated carbocycles. The minimum Gasteiger partial charge on any atom is -0.496 e. The van der Waals surface area contributed by atoms with Crippen LogP contribution in [0.15, 0.2) is 84.0 Å². The van der Waals surface area contributed by atoms with Crippen LogP contribution in [0.1, 0.15) is 52.8 Å². The van der Waals surface area contributed by atoms with E-state index in [1.54, 1.807) is 33.5 Å². The monoisotopic (exact) mass is 861 g/mol. The van der Waals surface area contributed by atoms with Crippen LogP contribution in [0.25, 0.3) is 22.6 Å². The first kappa shape index (κ1) is 40.9. The summed E-state index contributed by atoms with van der Waals surface area (Å²) in [6.07, 6.45) is 12.0. The zero-order valence-corrected chi connectivity index (χ0v) is 31.8. The number of halogens is 7. The van der Waals surface area contributed by atoms with Gasteiger partial charge in [0.1, 0.15) is 57.1 Å². The molecule has 2 aliphatic carbocycles. The van der Waals surface area contributed by atoms with Crippen molar-refractivity contribution in [1.29, 1.82) is 0 Å². The number of methoxy groups -OCH3 is 2. The Labute approximate surface area is 329 Å². The number of alkyl halides is 4. The van der Waals surface area contributed by atoms with Crippen molar-refractivity contribution in [3.8, 4) is 34.3 Å². The fourth-order valence-electron chi connectivity index (χ4n) is 5.72. The number of imidazole rings is 2. The molecular weight excluding hydrogens is 828 g/mol. The molecule has 2 fully saturated rings. The first-order chi connectivity index (χ1) is 27.3. The van der Waals surface area contributed by atoms with Crippen LogP contribution in [0.2, 0.25) is 0 Å². The van der Waals surface area contributed by atoms with Gasteiger partial charge in [0.15, 0.2) is 5.78 Å². The summed E-state index contributed by atoms with van der Waals surface area (Å²) in [7, 11) is 2.73. The quantitative estimate of drug-likeness (QED) is 0.0957. The lowest BCUT2D eigenvalue weighted by molar-refractivity contribution is -0.0510. The number of Topliss-reactive ketones (excluding diaryl/α,β-unsaturated/α-hetero) is 1. The Morgan fingerprint density at radius 2 is 1.39 bits per heavy atom. The Hall–Kier alpha value is -5.78. The van der Waals surface area contributed by atoms with Crippen molar-refractivity contribution in [1.82, 2.24) is 24.1 Å². The van der Waals surface area contributed by atoms with E-state index in [1.165, 1.54) is 69.1 Å². The lowest BCUT2D eigenvalue weighted by atomic mass is 10.00. The average Bonchev–Trinajstić information content (AvgIpc) is 4.07. The van der Waals surface area contributed by atoms with E-state index in [9.17, 15) is 35.9 Å². The van der Waals surface area contributed by atoms with E-state index in [-0.39, 0.29) is 64.1 Å². The summed E-state index contributed by atoms with van der Waals surface area (Å²) in [6.45, 7) is -6.10. The number of ketones is 1. The number of nitrogens with zero attached hydrogens (tertiary/aromatic N) is 4. The van der Waals surface area contributed by atoms with Gasteiger partial charge in [0.2, 0.25) is 0 Å². The van der Waals surface area contributed by atoms with Gasteiger partial charge >= 0.3 is 13.2 Å². The minimum absolute atomic E-state index is 0.0123. The highest BCUT2D eigenvalue weighted by Gasteiger charge is 2.30. The second-order valence-corrected chi connectivity index (χ2v) is 13.8. The van der Waals surface area contributed by atoms with Crippen LogP contribution in [0, 0.1) is 17.6 Å². The number of carbonyl (C=O) groups is 2. The normalized spacial score (nSPS) is 13.5. The molecule has 0 atom stereocenters. The van der Waals surface area contributed by atoms with E-state index in [1.807, 2.05) is 0 Å². The molecule has 2 aliphatic rings. The lowest BCUT2D eigenvalue weighted by Gasteiger charge is -2.16. The number of fused-ring (bicyclic) bond motifs is 2. The maximum atomic E-state index is 13.4. The largest absolute Gasteiger partial charge is 0.496 e. The standard InChI is InChI=1S/C20H17F3N2O3.C12H12BrF2NO3.C7H5FN2/c1-27-16-7-12(14-10-24-18-9-13(21)4-5-25(14)18)8-17(28-20(22)23)19(16)15(26)6-11-2-3-11;1-18-8-4-6(13)5-9(19-12(14)15)10(8)11(17)16-7-2-3-7;8-6-1-3-10-4-2-9-7(10)5-6/h4-5,7-11,20H,2-3,6H2,1H3;4-5,7,12H,2-3H2,1H3,(H,16,17);1-5H. The first-order valence-corrected chi connectivity index (χ1v) is 18.2. The lowest BCUT2D eigenvalue weighted by Crippen LogP contribution is -2.26. The third-order valence-corrected chi connectivity index (χ3v) is 9.15. The molecule has 1 N–H and O–H groups in total. The van der Waals surface area contributed by atoms with Gasteiger partial charge in [-0.15, -0.1) is 0 Å². The molecule has 4 aromatic heterocycles. The Morgan fingerprint density at radius 1 is 0.789 bits per heavy atom. The maximum absolute atomic E-state index is 13.4. The number of ether oxygens (including phenoxy) is 4. The zero-order chi connectivity index (χ0) is 40.8. The number of rotatable bonds is 12. The van der Waals surface area contributed by atoms with Crippen LogP contribution in [0.3, 0.4) is 0 Å². The zero-order valence-electron chi connectivity index (χ0n) is 30.2. The number of benzene rings is 2. The summed E-state index contributed by atoms with van der Waals surface area (Å²) < 4.78 is 100.0. The molecule has 18 heteroatoms. The maximum Gasteiger partial charge on any atom is 0.387 e. The minimum atomic E-state index is -3.09. The Morgan fingerprint density at radius 3 is 2.02 bits per heavy atom. The summed E-state index contributed by atoms with van der Waals surface area (Å²) in [4.78, 5) is 32.8. The fraction of sp³-hybridized carbons (Fsp3) is 0.282. The SMILES string of the molecule is COc1cc(-c2cnc3cc(F)ccn23)cc(OC(F)F)c1C(=O)CC1CC1.COc1cc(Br)cc(OC(F)F)c1C(=O)NC1CC1.Fc1ccn2ccnc2c1. The van der Waals surface area contributed by atoms with Crippen LogP contribution < -0.4 is 24.3 Å². The van der Waals surface area contributed by atoms with E-state index in [0.717, 1.165) is 25.7 Å². The number of nitrogens with one attached hydrogen (secondary N) is 1. The molecule has 0 radical (unpaired) electrons.